The van der Waals surface area contributed by atoms with Gasteiger partial charge in [-0.15, -0.1) is 0 Å². The van der Waals surface area contributed by atoms with Gasteiger partial charge in [-0.1, -0.05) is 18.2 Å². The van der Waals surface area contributed by atoms with E-state index in [1.165, 1.54) is 12.1 Å². The van der Waals surface area contributed by atoms with Gasteiger partial charge in [0, 0.05) is 18.7 Å². The SMILES string of the molecule is Cc1cccc(C(=O)N2CCCC[C@H]2c2ncc(Cc3cccc(F)c3)o2)n1. The van der Waals surface area contributed by atoms with E-state index in [1.807, 2.05) is 30.0 Å². The number of aromatic nitrogens is 2. The number of nitrogens with zero attached hydrogens (tertiary/aromatic N) is 3. The summed E-state index contributed by atoms with van der Waals surface area (Å²) in [6.45, 7) is 2.53. The number of benzene rings is 1. The van der Waals surface area contributed by atoms with Gasteiger partial charge in [0.1, 0.15) is 23.3 Å². The van der Waals surface area contributed by atoms with Gasteiger partial charge in [0.25, 0.3) is 5.91 Å². The highest BCUT2D eigenvalue weighted by molar-refractivity contribution is 5.92. The van der Waals surface area contributed by atoms with Crippen molar-refractivity contribution in [3.8, 4) is 0 Å². The molecule has 0 spiro atoms. The maximum absolute atomic E-state index is 13.4. The van der Waals surface area contributed by atoms with Crippen LogP contribution in [0.25, 0.3) is 0 Å². The second-order valence-corrected chi connectivity index (χ2v) is 7.15. The predicted octanol–water partition coefficient (Wildman–Crippen LogP) is 4.48. The van der Waals surface area contributed by atoms with E-state index in [9.17, 15) is 9.18 Å². The van der Waals surface area contributed by atoms with Crippen LogP contribution >= 0.6 is 0 Å². The number of hydrogen-bond donors (Lipinski definition) is 0. The first-order chi connectivity index (χ1) is 13.6. The first-order valence-electron chi connectivity index (χ1n) is 9.54. The van der Waals surface area contributed by atoms with Crippen LogP contribution in [0.1, 0.15) is 58.7 Å². The molecule has 5 nitrogen and oxygen atoms in total. The van der Waals surface area contributed by atoms with Crippen LogP contribution in [0.5, 0.6) is 0 Å². The van der Waals surface area contributed by atoms with Gasteiger partial charge in [-0.05, 0) is 56.0 Å². The summed E-state index contributed by atoms with van der Waals surface area (Å²) >= 11 is 0. The van der Waals surface area contributed by atoms with E-state index in [2.05, 4.69) is 9.97 Å². The number of carbonyl (C=O) groups excluding carboxylic acids is 1. The zero-order chi connectivity index (χ0) is 19.5. The second-order valence-electron chi connectivity index (χ2n) is 7.15. The van der Waals surface area contributed by atoms with Crippen molar-refractivity contribution in [1.82, 2.24) is 14.9 Å². The van der Waals surface area contributed by atoms with Crippen LogP contribution in [0.2, 0.25) is 0 Å². The standard InChI is InChI=1S/C22H22FN3O2/c1-15-6-4-9-19(25-15)22(27)26-11-3-2-10-20(26)21-24-14-18(28-21)13-16-7-5-8-17(23)12-16/h4-9,12,14,20H,2-3,10-11,13H2,1H3/t20-/m0/s1. The second kappa shape index (κ2) is 7.92. The number of pyridine rings is 1. The molecule has 0 unspecified atom stereocenters. The number of amides is 1. The summed E-state index contributed by atoms with van der Waals surface area (Å²) in [7, 11) is 0. The molecule has 1 aliphatic heterocycles. The van der Waals surface area contributed by atoms with Crippen molar-refractivity contribution in [2.24, 2.45) is 0 Å². The molecule has 2 aromatic heterocycles. The Balaban J connectivity index is 1.55. The number of hydrogen-bond acceptors (Lipinski definition) is 4. The molecule has 144 valence electrons. The molecule has 1 aliphatic rings. The van der Waals surface area contributed by atoms with Crippen molar-refractivity contribution in [3.63, 3.8) is 0 Å². The van der Waals surface area contributed by atoms with Crippen LogP contribution in [-0.4, -0.2) is 27.3 Å². The highest BCUT2D eigenvalue weighted by atomic mass is 19.1. The summed E-state index contributed by atoms with van der Waals surface area (Å²) in [6.07, 6.45) is 4.90. The van der Waals surface area contributed by atoms with Gasteiger partial charge in [-0.2, -0.15) is 0 Å². The number of halogens is 1. The molecule has 0 N–H and O–H groups in total. The Kier molecular flexibility index (Phi) is 5.19. The third-order valence-corrected chi connectivity index (χ3v) is 4.99. The fourth-order valence-corrected chi connectivity index (χ4v) is 3.65. The van der Waals surface area contributed by atoms with E-state index in [4.69, 9.17) is 4.42 Å². The molecule has 3 aromatic rings. The van der Waals surface area contributed by atoms with Crippen molar-refractivity contribution >= 4 is 5.91 Å². The molecular weight excluding hydrogens is 357 g/mol. The topological polar surface area (TPSA) is 59.2 Å². The van der Waals surface area contributed by atoms with E-state index in [-0.39, 0.29) is 17.8 Å². The molecule has 3 heterocycles. The van der Waals surface area contributed by atoms with Gasteiger partial charge < -0.3 is 9.32 Å². The quantitative estimate of drug-likeness (QED) is 0.671. The smallest absolute Gasteiger partial charge is 0.273 e. The third-order valence-electron chi connectivity index (χ3n) is 4.99. The molecule has 28 heavy (non-hydrogen) atoms. The first-order valence-corrected chi connectivity index (χ1v) is 9.54. The lowest BCUT2D eigenvalue weighted by Crippen LogP contribution is -2.39. The van der Waals surface area contributed by atoms with Gasteiger partial charge in [0.05, 0.1) is 6.20 Å². The highest BCUT2D eigenvalue weighted by Crippen LogP contribution is 2.32. The molecule has 1 saturated heterocycles. The maximum Gasteiger partial charge on any atom is 0.273 e. The Hall–Kier alpha value is -3.02. The third kappa shape index (κ3) is 3.96. The monoisotopic (exact) mass is 379 g/mol. The van der Waals surface area contributed by atoms with Crippen LogP contribution < -0.4 is 0 Å². The van der Waals surface area contributed by atoms with Gasteiger partial charge in [0.15, 0.2) is 0 Å². The molecule has 1 atom stereocenters. The van der Waals surface area contributed by atoms with E-state index in [0.29, 0.717) is 30.3 Å². The number of oxazole rings is 1. The predicted molar refractivity (Wildman–Crippen MR) is 102 cm³/mol. The fourth-order valence-electron chi connectivity index (χ4n) is 3.65. The summed E-state index contributed by atoms with van der Waals surface area (Å²) in [5.74, 6) is 0.824. The van der Waals surface area contributed by atoms with E-state index in [1.54, 1.807) is 18.3 Å². The van der Waals surface area contributed by atoms with E-state index in [0.717, 1.165) is 30.5 Å². The number of rotatable bonds is 4. The van der Waals surface area contributed by atoms with Crippen molar-refractivity contribution in [3.05, 3.63) is 83.1 Å². The van der Waals surface area contributed by atoms with E-state index < -0.39 is 0 Å². The Bertz CT molecular complexity index is 985. The van der Waals surface area contributed by atoms with Crippen molar-refractivity contribution in [2.45, 2.75) is 38.6 Å². The molecule has 6 heteroatoms. The number of likely N-dealkylation sites (tertiary alicyclic amines) is 1. The van der Waals surface area contributed by atoms with Crippen molar-refractivity contribution < 1.29 is 13.6 Å². The molecule has 1 aromatic carbocycles. The van der Waals surface area contributed by atoms with Crippen LogP contribution in [0, 0.1) is 12.7 Å². The molecule has 0 aliphatic carbocycles. The molecule has 1 fully saturated rings. The summed E-state index contributed by atoms with van der Waals surface area (Å²) < 4.78 is 19.4. The number of piperidine rings is 1. The normalized spacial score (nSPS) is 16.9. The molecule has 0 radical (unpaired) electrons. The average molecular weight is 379 g/mol. The average Bonchev–Trinajstić information content (AvgIpc) is 3.16. The van der Waals surface area contributed by atoms with Gasteiger partial charge in [-0.25, -0.2) is 14.4 Å². The van der Waals surface area contributed by atoms with Gasteiger partial charge in [0.2, 0.25) is 5.89 Å². The largest absolute Gasteiger partial charge is 0.443 e. The zero-order valence-corrected chi connectivity index (χ0v) is 15.8. The van der Waals surface area contributed by atoms with Crippen LogP contribution in [0.3, 0.4) is 0 Å². The minimum Gasteiger partial charge on any atom is -0.443 e. The Morgan fingerprint density at radius 2 is 2.11 bits per heavy atom. The summed E-state index contributed by atoms with van der Waals surface area (Å²) in [5, 5.41) is 0. The van der Waals surface area contributed by atoms with Crippen LogP contribution in [-0.2, 0) is 6.42 Å². The minimum absolute atomic E-state index is 0.0988. The lowest BCUT2D eigenvalue weighted by Gasteiger charge is -2.33. The van der Waals surface area contributed by atoms with Crippen molar-refractivity contribution in [2.75, 3.05) is 6.54 Å². The van der Waals surface area contributed by atoms with Crippen molar-refractivity contribution in [1.29, 1.82) is 0 Å². The summed E-state index contributed by atoms with van der Waals surface area (Å²) in [6, 6.07) is 11.7. The first kappa shape index (κ1) is 18.3. The Morgan fingerprint density at radius 1 is 1.25 bits per heavy atom. The van der Waals surface area contributed by atoms with E-state index >= 15 is 0 Å². The highest BCUT2D eigenvalue weighted by Gasteiger charge is 2.32. The lowest BCUT2D eigenvalue weighted by molar-refractivity contribution is 0.0563. The molecule has 0 saturated carbocycles. The van der Waals surface area contributed by atoms with Gasteiger partial charge >= 0.3 is 0 Å². The molecular formula is C22H22FN3O2. The lowest BCUT2D eigenvalue weighted by atomic mass is 10.0. The Labute approximate surface area is 163 Å². The fraction of sp³-hybridized carbons (Fsp3) is 0.318. The number of carbonyl (C=O) groups is 1. The minimum atomic E-state index is -0.271. The molecule has 0 bridgehead atoms. The summed E-state index contributed by atoms with van der Waals surface area (Å²) in [4.78, 5) is 23.6. The molecule has 4 rings (SSSR count). The summed E-state index contributed by atoms with van der Waals surface area (Å²) in [5.41, 5.74) is 2.08. The maximum atomic E-state index is 13.4. The molecule has 1 amide bonds. The van der Waals surface area contributed by atoms with Crippen LogP contribution in [0.15, 0.2) is 53.1 Å². The van der Waals surface area contributed by atoms with Crippen LogP contribution in [0.4, 0.5) is 4.39 Å². The number of aryl methyl sites for hydroxylation is 1. The van der Waals surface area contributed by atoms with Gasteiger partial charge in [-0.3, -0.25) is 4.79 Å². The Morgan fingerprint density at radius 3 is 2.93 bits per heavy atom. The zero-order valence-electron chi connectivity index (χ0n) is 15.8.